The van der Waals surface area contributed by atoms with E-state index in [1.165, 1.54) is 60.8 Å². The highest BCUT2D eigenvalue weighted by molar-refractivity contribution is 6.63. The summed E-state index contributed by atoms with van der Waals surface area (Å²) in [6.45, 7) is 35.4. The smallest absolute Gasteiger partial charge is 0.306 e. The van der Waals surface area contributed by atoms with Crippen LogP contribution in [0.15, 0.2) is 46.6 Å². The number of hydrogen-bond donors (Lipinski definition) is 2. The van der Waals surface area contributed by atoms with E-state index in [0.717, 1.165) is 76.0 Å². The van der Waals surface area contributed by atoms with Gasteiger partial charge in [0.15, 0.2) is 0 Å². The zero-order valence-electron chi connectivity index (χ0n) is 45.7. The number of carbonyl (C=O) groups excluding carboxylic acids is 4. The fourth-order valence-corrected chi connectivity index (χ4v) is 5.77. The van der Waals surface area contributed by atoms with Crippen molar-refractivity contribution in [2.45, 2.75) is 239 Å². The summed E-state index contributed by atoms with van der Waals surface area (Å²) in [5.74, 6) is 2.87. The Bertz CT molecular complexity index is 1210. The molecule has 0 aliphatic rings. The van der Waals surface area contributed by atoms with Gasteiger partial charge in [0.25, 0.3) is 0 Å². The van der Waals surface area contributed by atoms with Crippen LogP contribution in [0.25, 0.3) is 0 Å². The fourth-order valence-electron chi connectivity index (χ4n) is 5.39. The van der Waals surface area contributed by atoms with Crippen LogP contribution in [0.3, 0.4) is 0 Å². The van der Waals surface area contributed by atoms with Gasteiger partial charge in [-0.05, 0) is 159 Å². The number of aliphatic hydroxyl groups excluding tert-OH is 2. The van der Waals surface area contributed by atoms with Gasteiger partial charge in [-0.25, -0.2) is 0 Å². The molecule has 2 N–H and O–H groups in total. The van der Waals surface area contributed by atoms with Crippen LogP contribution in [0.2, 0.25) is 0 Å². The van der Waals surface area contributed by atoms with Crippen molar-refractivity contribution < 1.29 is 38.9 Å². The Labute approximate surface area is 418 Å². The van der Waals surface area contributed by atoms with E-state index in [9.17, 15) is 19.2 Å². The quantitative estimate of drug-likeness (QED) is 0.0414. The molecule has 66 heavy (non-hydrogen) atoms. The molecule has 2 atom stereocenters. The number of rotatable bonds is 30. The number of allylic oxidation sites excluding steroid dienone is 6. The maximum Gasteiger partial charge on any atom is 0.306 e. The SMILES string of the molecule is CC(C)=CCC/C(C)=C/CO.CC(C)CCCC(C)CCO.CCCC(=O)Cl.CCCC(=O)Cl.CCCC(=O)OC/C=C(\C)CCC=C(C)C.CCCC(=O)OCCC(C)CCCC(C)C. The molecule has 0 rings (SSSR count). The molecule has 0 fully saturated rings. The summed E-state index contributed by atoms with van der Waals surface area (Å²) in [6, 6.07) is 0. The number of aliphatic hydroxyl groups is 2. The minimum atomic E-state index is -0.238. The van der Waals surface area contributed by atoms with Crippen LogP contribution in [-0.2, 0) is 28.7 Å². The highest BCUT2D eigenvalue weighted by Gasteiger charge is 2.06. The molecule has 0 aromatic carbocycles. The lowest BCUT2D eigenvalue weighted by atomic mass is 9.98. The zero-order chi connectivity index (χ0) is 52.1. The topological polar surface area (TPSA) is 127 Å². The Hall–Kier alpha value is -2.26. The minimum absolute atomic E-state index is 0.0446. The first-order valence-electron chi connectivity index (χ1n) is 25.5. The molecule has 0 heterocycles. The van der Waals surface area contributed by atoms with Crippen molar-refractivity contribution in [3.8, 4) is 0 Å². The van der Waals surface area contributed by atoms with Gasteiger partial charge in [0.2, 0.25) is 10.5 Å². The van der Waals surface area contributed by atoms with Gasteiger partial charge in [0.05, 0.1) is 13.2 Å². The van der Waals surface area contributed by atoms with Crippen molar-refractivity contribution in [1.82, 2.24) is 0 Å². The fraction of sp³-hybridized carbons (Fsp3) is 0.786. The molecule has 0 aromatic rings. The van der Waals surface area contributed by atoms with Crippen molar-refractivity contribution in [3.05, 3.63) is 46.6 Å². The van der Waals surface area contributed by atoms with Gasteiger partial charge >= 0.3 is 11.9 Å². The van der Waals surface area contributed by atoms with E-state index >= 15 is 0 Å². The molecule has 0 aromatic heterocycles. The average Bonchev–Trinajstić information content (AvgIpc) is 3.19. The summed E-state index contributed by atoms with van der Waals surface area (Å²) < 4.78 is 10.2. The first kappa shape index (κ1) is 75.3. The third-order valence-corrected chi connectivity index (χ3v) is 9.93. The predicted octanol–water partition coefficient (Wildman–Crippen LogP) is 16.8. The van der Waals surface area contributed by atoms with Gasteiger partial charge in [0, 0.05) is 32.3 Å². The molecule has 0 aliphatic carbocycles. The second-order valence-corrected chi connectivity index (χ2v) is 19.5. The van der Waals surface area contributed by atoms with Crippen LogP contribution >= 0.6 is 23.2 Å². The largest absolute Gasteiger partial charge is 0.466 e. The number of esters is 2. The van der Waals surface area contributed by atoms with Crippen molar-refractivity contribution in [1.29, 1.82) is 0 Å². The van der Waals surface area contributed by atoms with Gasteiger partial charge in [-0.15, -0.1) is 0 Å². The Morgan fingerprint density at radius 3 is 1.18 bits per heavy atom. The number of hydrogen-bond acceptors (Lipinski definition) is 8. The highest BCUT2D eigenvalue weighted by Crippen LogP contribution is 2.16. The van der Waals surface area contributed by atoms with E-state index in [1.54, 1.807) is 0 Å². The van der Waals surface area contributed by atoms with E-state index in [-0.39, 0.29) is 29.0 Å². The second-order valence-electron chi connectivity index (χ2n) is 18.7. The standard InChI is InChI=1S/C14H28O2.C14H24O2.C10H22O.C10H18O.2C4H7ClO/c2*1-5-7-14(15)16-11-10-13(4)9-6-8-12(2)3;2*1-9(2)5-4-6-10(3)7-8-11;2*1-2-3-4(5)6/h12-13H,5-11H2,1-4H3;8,10H,5-7,9,11H2,1-4H3;9-11H,4-8H2,1-3H3;5,7,11H,4,6,8H2,1-3H3;2*2-3H2,1H3/b;13-10+;;10-7+;;. The molecule has 0 saturated carbocycles. The second kappa shape index (κ2) is 58.9. The lowest BCUT2D eigenvalue weighted by molar-refractivity contribution is -0.144. The average molecular weight is 978 g/mol. The van der Waals surface area contributed by atoms with E-state index < -0.39 is 0 Å². The molecule has 392 valence electrons. The van der Waals surface area contributed by atoms with Gasteiger partial charge < -0.3 is 19.7 Å². The van der Waals surface area contributed by atoms with Gasteiger partial charge in [0.1, 0.15) is 6.61 Å². The predicted molar refractivity (Wildman–Crippen MR) is 287 cm³/mol. The number of ether oxygens (including phenoxy) is 2. The van der Waals surface area contributed by atoms with E-state index in [0.29, 0.717) is 57.3 Å². The van der Waals surface area contributed by atoms with Crippen molar-refractivity contribution in [2.24, 2.45) is 23.7 Å². The van der Waals surface area contributed by atoms with Crippen LogP contribution in [0.1, 0.15) is 239 Å². The van der Waals surface area contributed by atoms with Gasteiger partial charge in [-0.3, -0.25) is 19.2 Å². The summed E-state index contributed by atoms with van der Waals surface area (Å²) >= 11 is 9.88. The third-order valence-electron chi connectivity index (χ3n) is 9.55. The number of carbonyl (C=O) groups is 4. The van der Waals surface area contributed by atoms with Crippen LogP contribution in [0.4, 0.5) is 0 Å². The summed E-state index contributed by atoms with van der Waals surface area (Å²) in [6.07, 6.45) is 27.8. The van der Waals surface area contributed by atoms with Crippen LogP contribution in [0, 0.1) is 23.7 Å². The van der Waals surface area contributed by atoms with Crippen LogP contribution < -0.4 is 0 Å². The summed E-state index contributed by atoms with van der Waals surface area (Å²) in [5, 5.41) is 16.7. The first-order valence-corrected chi connectivity index (χ1v) is 26.2. The molecule has 0 aliphatic heterocycles. The van der Waals surface area contributed by atoms with E-state index in [2.05, 4.69) is 95.2 Å². The monoisotopic (exact) mass is 977 g/mol. The van der Waals surface area contributed by atoms with E-state index in [1.807, 2.05) is 39.8 Å². The van der Waals surface area contributed by atoms with Gasteiger partial charge in [-0.2, -0.15) is 0 Å². The molecular weight excluding hydrogens is 872 g/mol. The highest BCUT2D eigenvalue weighted by atomic mass is 35.5. The van der Waals surface area contributed by atoms with Crippen LogP contribution in [0.5, 0.6) is 0 Å². The Balaban J connectivity index is -0.000000170. The Morgan fingerprint density at radius 1 is 0.485 bits per heavy atom. The molecule has 0 spiro atoms. The molecular formula is C56H106Cl2O8. The van der Waals surface area contributed by atoms with Gasteiger partial charge in [-0.1, -0.05) is 148 Å². The lowest BCUT2D eigenvalue weighted by Gasteiger charge is -2.12. The summed E-state index contributed by atoms with van der Waals surface area (Å²) in [7, 11) is 0. The lowest BCUT2D eigenvalue weighted by Crippen LogP contribution is -2.08. The molecule has 0 amide bonds. The number of halogens is 2. The Morgan fingerprint density at radius 2 is 0.864 bits per heavy atom. The van der Waals surface area contributed by atoms with Crippen molar-refractivity contribution in [3.63, 3.8) is 0 Å². The summed E-state index contributed by atoms with van der Waals surface area (Å²) in [4.78, 5) is 41.8. The molecule has 0 radical (unpaired) electrons. The molecule has 2 unspecified atom stereocenters. The molecule has 0 bridgehead atoms. The third kappa shape index (κ3) is 85.1. The Kier molecular flexibility index (Phi) is 67.1. The molecule has 8 nitrogen and oxygen atoms in total. The van der Waals surface area contributed by atoms with E-state index in [4.69, 9.17) is 42.9 Å². The molecule has 10 heteroatoms. The minimum Gasteiger partial charge on any atom is -0.466 e. The first-order chi connectivity index (χ1) is 31.0. The normalized spacial score (nSPS) is 11.5. The van der Waals surface area contributed by atoms with Crippen LogP contribution in [-0.4, -0.2) is 59.1 Å². The summed E-state index contributed by atoms with van der Waals surface area (Å²) in [5.41, 5.74) is 5.26. The van der Waals surface area contributed by atoms with Crippen molar-refractivity contribution >= 4 is 45.6 Å². The zero-order valence-corrected chi connectivity index (χ0v) is 47.2. The molecule has 0 saturated heterocycles. The maximum atomic E-state index is 11.1. The van der Waals surface area contributed by atoms with Crippen molar-refractivity contribution in [2.75, 3.05) is 26.4 Å². The maximum absolute atomic E-state index is 11.1.